The van der Waals surface area contributed by atoms with E-state index < -0.39 is 30.1 Å². The van der Waals surface area contributed by atoms with E-state index in [0.717, 1.165) is 0 Å². The molecule has 10 heteroatoms. The molecule has 28 heavy (non-hydrogen) atoms. The molecule has 0 saturated carbocycles. The summed E-state index contributed by atoms with van der Waals surface area (Å²) in [6, 6.07) is 5.94. The molecular weight excluding hydrogens is 379 g/mol. The molecule has 2 N–H and O–H groups in total. The number of nitrogens with zero attached hydrogens (tertiary/aromatic N) is 2. The van der Waals surface area contributed by atoms with Gasteiger partial charge in [-0.1, -0.05) is 13.3 Å². The molecule has 1 heterocycles. The van der Waals surface area contributed by atoms with Gasteiger partial charge in [-0.3, -0.25) is 9.59 Å². The van der Waals surface area contributed by atoms with Crippen molar-refractivity contribution in [1.82, 2.24) is 5.01 Å². The Morgan fingerprint density at radius 1 is 1.29 bits per heavy atom. The van der Waals surface area contributed by atoms with E-state index in [0.29, 0.717) is 25.2 Å². The number of rotatable bonds is 6. The van der Waals surface area contributed by atoms with E-state index in [9.17, 15) is 27.9 Å². The number of carbonyl (C=O) groups is 2. The monoisotopic (exact) mass is 401 g/mol. The van der Waals surface area contributed by atoms with Crippen LogP contribution in [-0.2, 0) is 9.59 Å². The van der Waals surface area contributed by atoms with E-state index in [1.807, 2.05) is 6.92 Å². The molecule has 7 nitrogen and oxygen atoms in total. The van der Waals surface area contributed by atoms with Gasteiger partial charge in [-0.05, 0) is 44.0 Å². The van der Waals surface area contributed by atoms with Gasteiger partial charge in [0, 0.05) is 17.8 Å². The van der Waals surface area contributed by atoms with Gasteiger partial charge in [-0.25, -0.2) is 0 Å². The van der Waals surface area contributed by atoms with Crippen LogP contribution >= 0.6 is 0 Å². The number of unbranched alkanes of at least 4 members (excludes halogenated alkanes) is 1. The summed E-state index contributed by atoms with van der Waals surface area (Å²) in [5.41, 5.74) is -3.33. The van der Waals surface area contributed by atoms with Gasteiger partial charge >= 0.3 is 18.0 Å². The highest BCUT2D eigenvalue weighted by Crippen LogP contribution is 2.41. The first-order chi connectivity index (χ1) is 13.1. The summed E-state index contributed by atoms with van der Waals surface area (Å²) in [5, 5.41) is 15.7. The van der Waals surface area contributed by atoms with Crippen LogP contribution in [0.4, 0.5) is 18.9 Å². The van der Waals surface area contributed by atoms with Crippen molar-refractivity contribution in [2.75, 3.05) is 11.9 Å². The third kappa shape index (κ3) is 4.61. The smallest absolute Gasteiger partial charge is 0.438 e. The average Bonchev–Trinajstić information content (AvgIpc) is 2.99. The molecule has 2 rings (SSSR count). The molecule has 2 amide bonds. The lowest BCUT2D eigenvalue weighted by Gasteiger charge is -2.32. The highest BCUT2D eigenvalue weighted by Gasteiger charge is 2.63. The maximum Gasteiger partial charge on any atom is 0.438 e. The van der Waals surface area contributed by atoms with Crippen LogP contribution in [0.15, 0.2) is 29.4 Å². The molecule has 0 spiro atoms. The Morgan fingerprint density at radius 2 is 1.93 bits per heavy atom. The second-order valence-corrected chi connectivity index (χ2v) is 6.29. The van der Waals surface area contributed by atoms with Gasteiger partial charge in [0.25, 0.3) is 5.72 Å². The molecule has 1 aliphatic heterocycles. The fraction of sp³-hybridized carbons (Fsp3) is 0.500. The molecule has 0 radical (unpaired) electrons. The second kappa shape index (κ2) is 8.59. The van der Waals surface area contributed by atoms with Crippen molar-refractivity contribution in [1.29, 1.82) is 0 Å². The molecule has 1 aromatic carbocycles. The van der Waals surface area contributed by atoms with E-state index in [-0.39, 0.29) is 22.8 Å². The largest absolute Gasteiger partial charge is 0.494 e. The number of alkyl halides is 3. The van der Waals surface area contributed by atoms with Gasteiger partial charge < -0.3 is 15.2 Å². The summed E-state index contributed by atoms with van der Waals surface area (Å²) < 4.78 is 45.4. The van der Waals surface area contributed by atoms with Crippen molar-refractivity contribution in [2.24, 2.45) is 5.10 Å². The van der Waals surface area contributed by atoms with Crippen LogP contribution in [0.1, 0.15) is 39.5 Å². The van der Waals surface area contributed by atoms with Gasteiger partial charge in [0.15, 0.2) is 0 Å². The minimum atomic E-state index is -5.17. The SMILES string of the molecule is CCCCC1=NN(C(=O)C(=O)Nc2ccc(OCC)cc2)C(O)(C(F)(F)F)C1. The van der Waals surface area contributed by atoms with Crippen molar-refractivity contribution in [3.8, 4) is 5.75 Å². The summed E-state index contributed by atoms with van der Waals surface area (Å²) in [6.07, 6.45) is -4.60. The highest BCUT2D eigenvalue weighted by atomic mass is 19.4. The molecule has 1 aromatic rings. The number of hydrazone groups is 1. The zero-order valence-corrected chi connectivity index (χ0v) is 15.5. The van der Waals surface area contributed by atoms with Crippen LogP contribution < -0.4 is 10.1 Å². The van der Waals surface area contributed by atoms with E-state index in [1.165, 1.54) is 24.3 Å². The van der Waals surface area contributed by atoms with Crippen LogP contribution in [0.2, 0.25) is 0 Å². The zero-order valence-electron chi connectivity index (χ0n) is 15.5. The van der Waals surface area contributed by atoms with Gasteiger partial charge in [0.1, 0.15) is 5.75 Å². The van der Waals surface area contributed by atoms with Crippen LogP contribution in [-0.4, -0.2) is 46.1 Å². The lowest BCUT2D eigenvalue weighted by molar-refractivity contribution is -0.301. The predicted molar refractivity (Wildman–Crippen MR) is 95.7 cm³/mol. The van der Waals surface area contributed by atoms with Crippen molar-refractivity contribution < 1.29 is 32.6 Å². The van der Waals surface area contributed by atoms with Crippen LogP contribution in [0, 0.1) is 0 Å². The van der Waals surface area contributed by atoms with E-state index in [1.54, 1.807) is 6.92 Å². The fourth-order valence-electron chi connectivity index (χ4n) is 2.65. The number of halogens is 3. The number of ether oxygens (including phenoxy) is 1. The normalized spacial score (nSPS) is 19.4. The quantitative estimate of drug-likeness (QED) is 0.717. The Hall–Kier alpha value is -2.62. The fourth-order valence-corrected chi connectivity index (χ4v) is 2.65. The molecule has 1 unspecified atom stereocenters. The van der Waals surface area contributed by atoms with Crippen molar-refractivity contribution in [3.05, 3.63) is 24.3 Å². The first-order valence-electron chi connectivity index (χ1n) is 8.86. The number of amides is 2. The minimum absolute atomic E-state index is 0.0175. The summed E-state index contributed by atoms with van der Waals surface area (Å²) in [5.74, 6) is -2.41. The van der Waals surface area contributed by atoms with Crippen LogP contribution in [0.5, 0.6) is 5.75 Å². The Kier molecular flexibility index (Phi) is 6.65. The summed E-state index contributed by atoms with van der Waals surface area (Å²) in [4.78, 5) is 24.5. The van der Waals surface area contributed by atoms with Crippen molar-refractivity contribution in [2.45, 2.75) is 51.4 Å². The van der Waals surface area contributed by atoms with Crippen LogP contribution in [0.3, 0.4) is 0 Å². The average molecular weight is 401 g/mol. The molecule has 154 valence electrons. The van der Waals surface area contributed by atoms with Crippen molar-refractivity contribution in [3.63, 3.8) is 0 Å². The zero-order chi connectivity index (χ0) is 20.9. The second-order valence-electron chi connectivity index (χ2n) is 6.29. The van der Waals surface area contributed by atoms with Gasteiger partial charge in [-0.2, -0.15) is 23.3 Å². The van der Waals surface area contributed by atoms with Crippen LogP contribution in [0.25, 0.3) is 0 Å². The predicted octanol–water partition coefficient (Wildman–Crippen LogP) is 3.05. The molecule has 1 atom stereocenters. The van der Waals surface area contributed by atoms with Crippen molar-refractivity contribution >= 4 is 23.2 Å². The van der Waals surface area contributed by atoms with E-state index >= 15 is 0 Å². The first-order valence-corrected chi connectivity index (χ1v) is 8.86. The van der Waals surface area contributed by atoms with E-state index in [4.69, 9.17) is 4.74 Å². The summed E-state index contributed by atoms with van der Waals surface area (Å²) in [6.45, 7) is 4.08. The number of hydrogen-bond acceptors (Lipinski definition) is 5. The number of hydrogen-bond donors (Lipinski definition) is 2. The third-order valence-electron chi connectivity index (χ3n) is 4.13. The molecular formula is C18H22F3N3O4. The Bertz CT molecular complexity index is 749. The molecule has 0 fully saturated rings. The molecule has 0 bridgehead atoms. The molecule has 0 aliphatic carbocycles. The highest BCUT2D eigenvalue weighted by molar-refractivity contribution is 6.39. The number of anilines is 1. The molecule has 0 aromatic heterocycles. The maximum atomic E-state index is 13.4. The van der Waals surface area contributed by atoms with E-state index in [2.05, 4.69) is 10.4 Å². The number of carbonyl (C=O) groups excluding carboxylic acids is 2. The topological polar surface area (TPSA) is 91.2 Å². The lowest BCUT2D eigenvalue weighted by Crippen LogP contribution is -2.58. The maximum absolute atomic E-state index is 13.4. The van der Waals surface area contributed by atoms with Gasteiger partial charge in [0.2, 0.25) is 0 Å². The van der Waals surface area contributed by atoms with Gasteiger partial charge in [-0.15, -0.1) is 0 Å². The summed E-state index contributed by atoms with van der Waals surface area (Å²) in [7, 11) is 0. The molecule has 0 saturated heterocycles. The molecule has 1 aliphatic rings. The third-order valence-corrected chi connectivity index (χ3v) is 4.13. The Labute approximate surface area is 160 Å². The Balaban J connectivity index is 2.17. The Morgan fingerprint density at radius 3 is 2.46 bits per heavy atom. The standard InChI is InChI=1S/C18H22F3N3O4/c1-3-5-6-13-11-17(27,18(19,20)21)24(23-13)16(26)15(25)22-12-7-9-14(10-8-12)28-4-2/h7-10,27H,3-6,11H2,1-2H3,(H,22,25). The van der Waals surface area contributed by atoms with Gasteiger partial charge in [0.05, 0.1) is 6.61 Å². The summed E-state index contributed by atoms with van der Waals surface area (Å²) >= 11 is 0. The number of benzene rings is 1. The first kappa shape index (κ1) is 21.7. The number of nitrogens with one attached hydrogen (secondary N) is 1. The lowest BCUT2D eigenvalue weighted by atomic mass is 10.0. The number of aliphatic hydroxyl groups is 1. The minimum Gasteiger partial charge on any atom is -0.494 e.